The van der Waals surface area contributed by atoms with Gasteiger partial charge in [-0.05, 0) is 76.7 Å². The van der Waals surface area contributed by atoms with Gasteiger partial charge in [-0.1, -0.05) is 97.1 Å². The van der Waals surface area contributed by atoms with Crippen LogP contribution >= 0.6 is 0 Å². The van der Waals surface area contributed by atoms with Crippen LogP contribution in [-0.2, 0) is 0 Å². The van der Waals surface area contributed by atoms with Crippen molar-refractivity contribution < 1.29 is 0 Å². The minimum atomic E-state index is 0.538. The molecule has 5 heteroatoms. The first-order valence-corrected chi connectivity index (χ1v) is 16.2. The Labute approximate surface area is 288 Å². The third-order valence-electron chi connectivity index (χ3n) is 9.58. The van der Waals surface area contributed by atoms with Gasteiger partial charge in [0.25, 0.3) is 0 Å². The number of aromatic nitrogens is 2. The van der Waals surface area contributed by atoms with Crippen LogP contribution in [0, 0.1) is 24.5 Å². The monoisotopic (exact) mass is 635 g/mol. The summed E-state index contributed by atoms with van der Waals surface area (Å²) in [7, 11) is 0. The molecule has 0 atom stereocenters. The first kappa shape index (κ1) is 28.8. The largest absolute Gasteiger partial charge is 0.320 e. The molecular formula is C45H25N5. The van der Waals surface area contributed by atoms with Gasteiger partial charge in [-0.3, -0.25) is 0 Å². The van der Waals surface area contributed by atoms with Crippen LogP contribution in [0.25, 0.3) is 86.9 Å². The molecule has 0 fully saturated rings. The van der Waals surface area contributed by atoms with Gasteiger partial charge in [0.15, 0.2) is 5.69 Å². The van der Waals surface area contributed by atoms with Crippen LogP contribution in [0.4, 0.5) is 11.4 Å². The molecule has 230 valence electrons. The standard InChI is InChI=1S/C45H25N5/c1-47-33-20-23-35(44(27-33)50-42-16-6-3-11-36(42)38-13-8-14-40(48-2)45(38)50)32-10-7-9-31(26-32)30-18-21-34(22-19-30)49-41-15-5-4-12-37(41)39-25-29(28-46)17-24-43(39)49/h3-27H. The number of benzene rings is 7. The topological polar surface area (TPSA) is 42.4 Å². The second kappa shape index (κ2) is 11.4. The smallest absolute Gasteiger partial charge is 0.211 e. The summed E-state index contributed by atoms with van der Waals surface area (Å²) in [6.07, 6.45) is 0. The van der Waals surface area contributed by atoms with Crippen molar-refractivity contribution in [2.75, 3.05) is 0 Å². The zero-order valence-electron chi connectivity index (χ0n) is 26.7. The molecule has 0 aliphatic heterocycles. The van der Waals surface area contributed by atoms with Gasteiger partial charge in [-0.2, -0.15) is 5.26 Å². The minimum Gasteiger partial charge on any atom is -0.320 e. The molecule has 0 aliphatic rings. The van der Waals surface area contributed by atoms with Crippen LogP contribution in [-0.4, -0.2) is 9.13 Å². The average molecular weight is 636 g/mol. The highest BCUT2D eigenvalue weighted by atomic mass is 15.0. The lowest BCUT2D eigenvalue weighted by molar-refractivity contribution is 1.18. The zero-order chi connectivity index (χ0) is 33.8. The zero-order valence-corrected chi connectivity index (χ0v) is 26.7. The van der Waals surface area contributed by atoms with E-state index in [4.69, 9.17) is 13.1 Å². The Hall–Kier alpha value is -7.39. The summed E-state index contributed by atoms with van der Waals surface area (Å²) < 4.78 is 4.40. The van der Waals surface area contributed by atoms with Crippen LogP contribution in [0.5, 0.6) is 0 Å². The van der Waals surface area contributed by atoms with Crippen molar-refractivity contribution in [2.24, 2.45) is 0 Å². The highest BCUT2D eigenvalue weighted by Gasteiger charge is 2.19. The van der Waals surface area contributed by atoms with Crippen molar-refractivity contribution in [1.82, 2.24) is 9.13 Å². The van der Waals surface area contributed by atoms with Gasteiger partial charge in [-0.25, -0.2) is 9.69 Å². The van der Waals surface area contributed by atoms with Gasteiger partial charge in [0.05, 0.1) is 46.8 Å². The summed E-state index contributed by atoms with van der Waals surface area (Å²) in [5.41, 5.74) is 11.8. The number of fused-ring (bicyclic) bond motifs is 6. The lowest BCUT2D eigenvalue weighted by Gasteiger charge is -2.16. The van der Waals surface area contributed by atoms with Crippen molar-refractivity contribution in [3.05, 3.63) is 180 Å². The maximum absolute atomic E-state index is 9.54. The molecule has 7 aromatic carbocycles. The number of nitriles is 1. The Bertz CT molecular complexity index is 2960. The number of nitrogens with zero attached hydrogens (tertiary/aromatic N) is 5. The van der Waals surface area contributed by atoms with E-state index >= 15 is 0 Å². The molecule has 0 saturated carbocycles. The van der Waals surface area contributed by atoms with E-state index in [-0.39, 0.29) is 0 Å². The summed E-state index contributed by atoms with van der Waals surface area (Å²) in [6, 6.07) is 53.4. The van der Waals surface area contributed by atoms with E-state index in [9.17, 15) is 5.26 Å². The van der Waals surface area contributed by atoms with Crippen LogP contribution in [0.3, 0.4) is 0 Å². The summed E-state index contributed by atoms with van der Waals surface area (Å²) in [5.74, 6) is 0. The molecule has 0 amide bonds. The maximum atomic E-state index is 9.54. The fraction of sp³-hybridized carbons (Fsp3) is 0. The first-order valence-electron chi connectivity index (χ1n) is 16.2. The molecule has 50 heavy (non-hydrogen) atoms. The predicted octanol–water partition coefficient (Wildman–Crippen LogP) is 12.2. The highest BCUT2D eigenvalue weighted by Crippen LogP contribution is 2.42. The molecule has 2 heterocycles. The Morgan fingerprint density at radius 2 is 1.18 bits per heavy atom. The molecule has 2 aromatic heterocycles. The van der Waals surface area contributed by atoms with Crippen molar-refractivity contribution in [1.29, 1.82) is 5.26 Å². The first-order chi connectivity index (χ1) is 24.7. The molecule has 0 unspecified atom stereocenters. The summed E-state index contributed by atoms with van der Waals surface area (Å²) in [5, 5.41) is 13.8. The van der Waals surface area contributed by atoms with E-state index in [0.29, 0.717) is 16.9 Å². The van der Waals surface area contributed by atoms with Gasteiger partial charge in [0.1, 0.15) is 0 Å². The molecule has 9 rings (SSSR count). The predicted molar refractivity (Wildman–Crippen MR) is 203 cm³/mol. The second-order valence-corrected chi connectivity index (χ2v) is 12.3. The molecule has 0 N–H and O–H groups in total. The Balaban J connectivity index is 1.18. The lowest BCUT2D eigenvalue weighted by atomic mass is 9.97. The van der Waals surface area contributed by atoms with Gasteiger partial charge in [-0.15, -0.1) is 0 Å². The van der Waals surface area contributed by atoms with E-state index in [2.05, 4.69) is 104 Å². The van der Waals surface area contributed by atoms with E-state index < -0.39 is 0 Å². The fourth-order valence-corrected chi connectivity index (χ4v) is 7.35. The Morgan fingerprint density at radius 1 is 0.500 bits per heavy atom. The van der Waals surface area contributed by atoms with Crippen molar-refractivity contribution in [3.8, 4) is 39.7 Å². The molecule has 5 nitrogen and oxygen atoms in total. The maximum Gasteiger partial charge on any atom is 0.211 e. The highest BCUT2D eigenvalue weighted by molar-refractivity contribution is 6.14. The van der Waals surface area contributed by atoms with Crippen LogP contribution in [0.15, 0.2) is 152 Å². The van der Waals surface area contributed by atoms with Gasteiger partial charge in [0.2, 0.25) is 5.69 Å². The van der Waals surface area contributed by atoms with Gasteiger partial charge >= 0.3 is 0 Å². The molecule has 0 aliphatic carbocycles. The van der Waals surface area contributed by atoms with Crippen molar-refractivity contribution >= 4 is 55.0 Å². The summed E-state index contributed by atoms with van der Waals surface area (Å²) >= 11 is 0. The number of hydrogen-bond donors (Lipinski definition) is 0. The third-order valence-corrected chi connectivity index (χ3v) is 9.58. The van der Waals surface area contributed by atoms with Crippen molar-refractivity contribution in [3.63, 3.8) is 0 Å². The quantitative estimate of drug-likeness (QED) is 0.177. The Morgan fingerprint density at radius 3 is 1.94 bits per heavy atom. The van der Waals surface area contributed by atoms with E-state index in [1.54, 1.807) is 0 Å². The van der Waals surface area contributed by atoms with Crippen LogP contribution in [0.2, 0.25) is 0 Å². The molecular weight excluding hydrogens is 611 g/mol. The van der Waals surface area contributed by atoms with Crippen molar-refractivity contribution in [2.45, 2.75) is 0 Å². The Kier molecular flexibility index (Phi) is 6.56. The summed E-state index contributed by atoms with van der Waals surface area (Å²) in [6.45, 7) is 15.8. The average Bonchev–Trinajstić information content (AvgIpc) is 3.70. The van der Waals surface area contributed by atoms with Gasteiger partial charge in [0, 0.05) is 33.1 Å². The van der Waals surface area contributed by atoms with Crippen LogP contribution in [0.1, 0.15) is 5.56 Å². The third kappa shape index (κ3) is 4.38. The number of rotatable bonds is 4. The second-order valence-electron chi connectivity index (χ2n) is 12.3. The molecule has 0 bridgehead atoms. The fourth-order valence-electron chi connectivity index (χ4n) is 7.35. The number of hydrogen-bond acceptors (Lipinski definition) is 1. The molecule has 9 aromatic rings. The van der Waals surface area contributed by atoms with E-state index in [1.807, 2.05) is 72.8 Å². The lowest BCUT2D eigenvalue weighted by Crippen LogP contribution is -1.97. The molecule has 0 saturated heterocycles. The minimum absolute atomic E-state index is 0.538. The molecule has 0 radical (unpaired) electrons. The van der Waals surface area contributed by atoms with Crippen LogP contribution < -0.4 is 0 Å². The van der Waals surface area contributed by atoms with Gasteiger partial charge < -0.3 is 9.13 Å². The number of para-hydroxylation sites is 3. The van der Waals surface area contributed by atoms with E-state index in [0.717, 1.165) is 77.2 Å². The summed E-state index contributed by atoms with van der Waals surface area (Å²) in [4.78, 5) is 7.68. The normalized spacial score (nSPS) is 11.1. The molecule has 0 spiro atoms. The van der Waals surface area contributed by atoms with E-state index in [1.165, 1.54) is 0 Å². The SMILES string of the molecule is [C-]#[N+]c1ccc(-c2cccc(-c3ccc(-n4c5ccccc5c5cc(C#N)ccc54)cc3)c2)c(-n2c3ccccc3c3cccc([N+]#[C-])c32)c1.